The third-order valence-electron chi connectivity index (χ3n) is 5.19. The van der Waals surface area contributed by atoms with Gasteiger partial charge in [0, 0.05) is 31.8 Å². The Morgan fingerprint density at radius 1 is 1.28 bits per heavy atom. The maximum Gasteiger partial charge on any atom is 0.193 e. The molecule has 164 valence electrons. The summed E-state index contributed by atoms with van der Waals surface area (Å²) in [7, 11) is 1.83. The molecule has 0 bridgehead atoms. The average Bonchev–Trinajstić information content (AvgIpc) is 3.23. The molecule has 2 aliphatic rings. The number of likely N-dealkylation sites (tertiary alicyclic amines) is 1. The predicted octanol–water partition coefficient (Wildman–Crippen LogP) is 3.96. The van der Waals surface area contributed by atoms with Gasteiger partial charge < -0.3 is 24.4 Å². The molecule has 1 aromatic carbocycles. The molecule has 2 unspecified atom stereocenters. The normalized spacial score (nSPS) is 21.6. The van der Waals surface area contributed by atoms with E-state index in [0.717, 1.165) is 63.7 Å². The average molecular weight is 538 g/mol. The van der Waals surface area contributed by atoms with Crippen molar-refractivity contribution in [2.45, 2.75) is 50.9 Å². The Hall–Kier alpha value is -0.770. The molecule has 0 radical (unpaired) electrons. The Bertz CT molecular complexity index is 618. The number of piperidine rings is 1. The van der Waals surface area contributed by atoms with Crippen molar-refractivity contribution < 1.29 is 14.2 Å². The lowest BCUT2D eigenvalue weighted by atomic mass is 10.1. The van der Waals surface area contributed by atoms with Crippen LogP contribution in [0.5, 0.6) is 5.75 Å². The Labute approximate surface area is 196 Å². The molecule has 29 heavy (non-hydrogen) atoms. The first kappa shape index (κ1) is 24.5. The van der Waals surface area contributed by atoms with Gasteiger partial charge in [0.15, 0.2) is 5.96 Å². The summed E-state index contributed by atoms with van der Waals surface area (Å²) < 4.78 is 17.6. The molecular formula is C21H33ClIN3O3. The van der Waals surface area contributed by atoms with E-state index in [1.54, 1.807) is 0 Å². The molecule has 1 aromatic rings. The van der Waals surface area contributed by atoms with Crippen molar-refractivity contribution in [1.29, 1.82) is 0 Å². The van der Waals surface area contributed by atoms with Crippen molar-refractivity contribution in [3.05, 3.63) is 29.3 Å². The quantitative estimate of drug-likeness (QED) is 0.324. The molecular weight excluding hydrogens is 505 g/mol. The zero-order chi connectivity index (χ0) is 19.8. The van der Waals surface area contributed by atoms with Crippen LogP contribution in [0.4, 0.5) is 0 Å². The lowest BCUT2D eigenvalue weighted by Gasteiger charge is -2.34. The van der Waals surface area contributed by atoms with Gasteiger partial charge in [0.25, 0.3) is 0 Å². The molecule has 3 rings (SSSR count). The fraction of sp³-hybridized carbons (Fsp3) is 0.667. The Kier molecular flexibility index (Phi) is 10.8. The van der Waals surface area contributed by atoms with E-state index in [9.17, 15) is 0 Å². The van der Waals surface area contributed by atoms with Crippen LogP contribution in [0, 0.1) is 0 Å². The fourth-order valence-electron chi connectivity index (χ4n) is 3.61. The van der Waals surface area contributed by atoms with Crippen molar-refractivity contribution in [3.8, 4) is 5.75 Å². The lowest BCUT2D eigenvalue weighted by molar-refractivity contribution is -0.0367. The summed E-state index contributed by atoms with van der Waals surface area (Å²) in [5, 5.41) is 4.14. The van der Waals surface area contributed by atoms with Gasteiger partial charge in [-0.15, -0.1) is 24.0 Å². The minimum atomic E-state index is 0. The van der Waals surface area contributed by atoms with Crippen molar-refractivity contribution >= 4 is 41.5 Å². The van der Waals surface area contributed by atoms with Gasteiger partial charge in [-0.2, -0.15) is 0 Å². The summed E-state index contributed by atoms with van der Waals surface area (Å²) >= 11 is 5.91. The summed E-state index contributed by atoms with van der Waals surface area (Å²) in [4.78, 5) is 6.73. The number of guanidine groups is 1. The van der Waals surface area contributed by atoms with Crippen LogP contribution in [-0.4, -0.2) is 69.1 Å². The molecule has 6 nitrogen and oxygen atoms in total. The number of hydrogen-bond donors (Lipinski definition) is 1. The topological polar surface area (TPSA) is 55.3 Å². The minimum Gasteiger partial charge on any atom is -0.489 e. The van der Waals surface area contributed by atoms with Crippen LogP contribution in [-0.2, 0) is 9.47 Å². The highest BCUT2D eigenvalue weighted by Crippen LogP contribution is 2.18. The first-order chi connectivity index (χ1) is 13.6. The molecule has 2 fully saturated rings. The van der Waals surface area contributed by atoms with Gasteiger partial charge in [-0.3, -0.25) is 4.99 Å². The molecule has 1 N–H and O–H groups in total. The Morgan fingerprint density at radius 2 is 2.00 bits per heavy atom. The van der Waals surface area contributed by atoms with Crippen LogP contribution in [0.15, 0.2) is 29.3 Å². The second kappa shape index (κ2) is 12.8. The fourth-order valence-corrected chi connectivity index (χ4v) is 3.73. The molecule has 0 aromatic heterocycles. The summed E-state index contributed by atoms with van der Waals surface area (Å²) in [6.07, 6.45) is 4.97. The van der Waals surface area contributed by atoms with Crippen molar-refractivity contribution in [2.75, 3.05) is 39.9 Å². The van der Waals surface area contributed by atoms with E-state index in [-0.39, 0.29) is 30.1 Å². The van der Waals surface area contributed by atoms with E-state index in [0.29, 0.717) is 23.8 Å². The molecule has 0 saturated carbocycles. The van der Waals surface area contributed by atoms with Gasteiger partial charge in [0.05, 0.1) is 25.4 Å². The lowest BCUT2D eigenvalue weighted by Crippen LogP contribution is -2.49. The maximum atomic E-state index is 6.06. The van der Waals surface area contributed by atoms with Crippen molar-refractivity contribution in [1.82, 2.24) is 10.2 Å². The van der Waals surface area contributed by atoms with Gasteiger partial charge in [0.2, 0.25) is 0 Å². The summed E-state index contributed by atoms with van der Waals surface area (Å²) in [5.41, 5.74) is 0. The SMILES string of the molecule is CN=C(NCC(C)Oc1ccc(Cl)cc1)N1CCC(OCC2CCCO2)CC1.I. The molecule has 2 aliphatic heterocycles. The summed E-state index contributed by atoms with van der Waals surface area (Å²) in [5.74, 6) is 1.74. The molecule has 8 heteroatoms. The van der Waals surface area contributed by atoms with Crippen molar-refractivity contribution in [3.63, 3.8) is 0 Å². The van der Waals surface area contributed by atoms with Crippen LogP contribution in [0.3, 0.4) is 0 Å². The summed E-state index contributed by atoms with van der Waals surface area (Å²) in [6.45, 7) is 6.24. The third kappa shape index (κ3) is 8.11. The van der Waals surface area contributed by atoms with Gasteiger partial charge >= 0.3 is 0 Å². The van der Waals surface area contributed by atoms with Gasteiger partial charge in [-0.1, -0.05) is 11.6 Å². The highest BCUT2D eigenvalue weighted by Gasteiger charge is 2.24. The number of nitrogens with zero attached hydrogens (tertiary/aromatic N) is 2. The molecule has 0 amide bonds. The first-order valence-electron chi connectivity index (χ1n) is 10.2. The van der Waals surface area contributed by atoms with E-state index < -0.39 is 0 Å². The highest BCUT2D eigenvalue weighted by molar-refractivity contribution is 14.0. The van der Waals surface area contributed by atoms with E-state index in [4.69, 9.17) is 25.8 Å². The molecule has 0 aliphatic carbocycles. The largest absolute Gasteiger partial charge is 0.489 e. The number of nitrogens with one attached hydrogen (secondary N) is 1. The van der Waals surface area contributed by atoms with Crippen LogP contribution in [0.1, 0.15) is 32.6 Å². The number of ether oxygens (including phenoxy) is 3. The first-order valence-corrected chi connectivity index (χ1v) is 10.6. The molecule has 2 atom stereocenters. The third-order valence-corrected chi connectivity index (χ3v) is 5.45. The Balaban J connectivity index is 0.00000300. The predicted molar refractivity (Wildman–Crippen MR) is 128 cm³/mol. The molecule has 2 heterocycles. The van der Waals surface area contributed by atoms with E-state index in [1.807, 2.05) is 38.2 Å². The monoisotopic (exact) mass is 537 g/mol. The van der Waals surface area contributed by atoms with Crippen LogP contribution in [0.25, 0.3) is 0 Å². The number of benzene rings is 1. The van der Waals surface area contributed by atoms with E-state index >= 15 is 0 Å². The van der Waals surface area contributed by atoms with Gasteiger partial charge in [-0.05, 0) is 56.9 Å². The number of halogens is 2. The van der Waals surface area contributed by atoms with Gasteiger partial charge in [-0.25, -0.2) is 0 Å². The van der Waals surface area contributed by atoms with E-state index in [2.05, 4.69) is 15.2 Å². The standard InChI is InChI=1S/C21H32ClN3O3.HI/c1-16(28-19-7-5-17(22)6-8-19)14-24-21(23-2)25-11-9-18(10-12-25)27-15-20-4-3-13-26-20;/h5-8,16,18,20H,3-4,9-15H2,1-2H3,(H,23,24);1H. The van der Waals surface area contributed by atoms with Crippen LogP contribution in [0.2, 0.25) is 5.02 Å². The highest BCUT2D eigenvalue weighted by atomic mass is 127. The van der Waals surface area contributed by atoms with E-state index in [1.165, 1.54) is 0 Å². The smallest absolute Gasteiger partial charge is 0.193 e. The second-order valence-electron chi connectivity index (χ2n) is 7.47. The van der Waals surface area contributed by atoms with Crippen LogP contribution < -0.4 is 10.1 Å². The maximum absolute atomic E-state index is 6.06. The number of rotatable bonds is 7. The Morgan fingerprint density at radius 3 is 2.62 bits per heavy atom. The number of aliphatic imine (C=N–C) groups is 1. The minimum absolute atomic E-state index is 0. The van der Waals surface area contributed by atoms with Gasteiger partial charge in [0.1, 0.15) is 11.9 Å². The zero-order valence-electron chi connectivity index (χ0n) is 17.3. The van der Waals surface area contributed by atoms with Crippen LogP contribution >= 0.6 is 35.6 Å². The molecule has 2 saturated heterocycles. The van der Waals surface area contributed by atoms with Crippen molar-refractivity contribution in [2.24, 2.45) is 4.99 Å². The summed E-state index contributed by atoms with van der Waals surface area (Å²) in [6, 6.07) is 7.44. The molecule has 0 spiro atoms. The second-order valence-corrected chi connectivity index (χ2v) is 7.90. The number of hydrogen-bond acceptors (Lipinski definition) is 4. The zero-order valence-corrected chi connectivity index (χ0v) is 20.4.